The van der Waals surface area contributed by atoms with E-state index < -0.39 is 0 Å². The van der Waals surface area contributed by atoms with Gasteiger partial charge in [-0.1, -0.05) is 12.1 Å². The molecule has 0 spiro atoms. The Morgan fingerprint density at radius 3 is 2.64 bits per heavy atom. The van der Waals surface area contributed by atoms with Gasteiger partial charge in [-0.2, -0.15) is 0 Å². The average Bonchev–Trinajstić information content (AvgIpc) is 2.59. The van der Waals surface area contributed by atoms with Crippen molar-refractivity contribution in [2.24, 2.45) is 5.73 Å². The molecular formula is C11H12N2O. The van der Waals surface area contributed by atoms with Gasteiger partial charge in [0.2, 0.25) is 5.89 Å². The molecule has 1 aromatic carbocycles. The molecule has 0 atom stereocenters. The van der Waals surface area contributed by atoms with E-state index in [9.17, 15) is 0 Å². The molecule has 0 aliphatic heterocycles. The van der Waals surface area contributed by atoms with Crippen LogP contribution in [0, 0.1) is 0 Å². The van der Waals surface area contributed by atoms with Crippen LogP contribution in [0.3, 0.4) is 0 Å². The van der Waals surface area contributed by atoms with Gasteiger partial charge in [-0.25, -0.2) is 4.98 Å². The largest absolute Gasteiger partial charge is 0.435 e. The van der Waals surface area contributed by atoms with E-state index in [0.29, 0.717) is 11.6 Å². The Bertz CT molecular complexity index is 460. The molecule has 0 saturated carbocycles. The molecule has 2 aromatic rings. The Kier molecular flexibility index (Phi) is 2.00. The molecule has 2 N–H and O–H groups in total. The number of hydrogen-bond acceptors (Lipinski definition) is 3. The van der Waals surface area contributed by atoms with Crippen LogP contribution in [0.1, 0.15) is 19.7 Å². The van der Waals surface area contributed by atoms with Gasteiger partial charge in [0.25, 0.3) is 0 Å². The highest BCUT2D eigenvalue weighted by Gasteiger charge is 2.07. The summed E-state index contributed by atoms with van der Waals surface area (Å²) in [5.74, 6) is 0.506. The number of rotatable bonds is 1. The van der Waals surface area contributed by atoms with Crippen molar-refractivity contribution in [1.29, 1.82) is 0 Å². The summed E-state index contributed by atoms with van der Waals surface area (Å²) in [6, 6.07) is 7.62. The fourth-order valence-electron chi connectivity index (χ4n) is 1.20. The highest BCUT2D eigenvalue weighted by molar-refractivity contribution is 5.75. The molecule has 0 amide bonds. The van der Waals surface area contributed by atoms with Crippen molar-refractivity contribution < 1.29 is 4.42 Å². The second kappa shape index (κ2) is 3.18. The van der Waals surface area contributed by atoms with E-state index in [1.54, 1.807) is 0 Å². The van der Waals surface area contributed by atoms with Gasteiger partial charge in [-0.15, -0.1) is 0 Å². The molecule has 0 bridgehead atoms. The van der Waals surface area contributed by atoms with Crippen molar-refractivity contribution in [3.05, 3.63) is 35.7 Å². The third-order valence-electron chi connectivity index (χ3n) is 2.06. The zero-order valence-corrected chi connectivity index (χ0v) is 8.24. The molecule has 2 rings (SSSR count). The first kappa shape index (κ1) is 8.81. The highest BCUT2D eigenvalue weighted by Crippen LogP contribution is 2.19. The fraction of sp³-hybridized carbons (Fsp3) is 0.182. The average molecular weight is 188 g/mol. The van der Waals surface area contributed by atoms with Crippen LogP contribution in [0.2, 0.25) is 0 Å². The van der Waals surface area contributed by atoms with Gasteiger partial charge >= 0.3 is 0 Å². The van der Waals surface area contributed by atoms with E-state index in [1.807, 2.05) is 38.1 Å². The van der Waals surface area contributed by atoms with Crippen molar-refractivity contribution in [3.63, 3.8) is 0 Å². The van der Waals surface area contributed by atoms with Crippen molar-refractivity contribution in [2.75, 3.05) is 0 Å². The summed E-state index contributed by atoms with van der Waals surface area (Å²) < 4.78 is 5.50. The molecule has 0 aliphatic rings. The van der Waals surface area contributed by atoms with Gasteiger partial charge in [0.05, 0.1) is 5.70 Å². The van der Waals surface area contributed by atoms with E-state index in [2.05, 4.69) is 4.98 Å². The first-order valence-electron chi connectivity index (χ1n) is 4.47. The monoisotopic (exact) mass is 188 g/mol. The van der Waals surface area contributed by atoms with Gasteiger partial charge in [-0.3, -0.25) is 0 Å². The number of oxazole rings is 1. The molecule has 14 heavy (non-hydrogen) atoms. The Morgan fingerprint density at radius 1 is 1.29 bits per heavy atom. The zero-order valence-electron chi connectivity index (χ0n) is 8.24. The third-order valence-corrected chi connectivity index (χ3v) is 2.06. The number of aromatic nitrogens is 1. The topological polar surface area (TPSA) is 52.0 Å². The standard InChI is InChI=1S/C11H12N2O/c1-7(2)10(12)11-13-8-5-3-4-6-9(8)14-11/h3-6H,12H2,1-2H3. The number of hydrogen-bond donors (Lipinski definition) is 1. The number of fused-ring (bicyclic) bond motifs is 1. The van der Waals surface area contributed by atoms with Crippen molar-refractivity contribution >= 4 is 16.8 Å². The lowest BCUT2D eigenvalue weighted by molar-refractivity contribution is 0.582. The minimum absolute atomic E-state index is 0.506. The maximum Gasteiger partial charge on any atom is 0.243 e. The molecule has 72 valence electrons. The summed E-state index contributed by atoms with van der Waals surface area (Å²) in [6.07, 6.45) is 0. The van der Waals surface area contributed by atoms with E-state index >= 15 is 0 Å². The molecule has 0 unspecified atom stereocenters. The number of nitrogens with two attached hydrogens (primary N) is 1. The summed E-state index contributed by atoms with van der Waals surface area (Å²) in [6.45, 7) is 3.87. The third kappa shape index (κ3) is 1.37. The van der Waals surface area contributed by atoms with Crippen LogP contribution in [0.5, 0.6) is 0 Å². The summed E-state index contributed by atoms with van der Waals surface area (Å²) in [5.41, 5.74) is 9.06. The number of nitrogens with zero attached hydrogens (tertiary/aromatic N) is 1. The van der Waals surface area contributed by atoms with Crippen LogP contribution >= 0.6 is 0 Å². The lowest BCUT2D eigenvalue weighted by Gasteiger charge is -1.95. The van der Waals surface area contributed by atoms with E-state index in [1.165, 1.54) is 0 Å². The predicted molar refractivity (Wildman–Crippen MR) is 56.5 cm³/mol. The maximum atomic E-state index is 5.83. The van der Waals surface area contributed by atoms with Gasteiger partial charge < -0.3 is 10.2 Å². The Balaban J connectivity index is 2.61. The maximum absolute atomic E-state index is 5.83. The van der Waals surface area contributed by atoms with Crippen LogP contribution in [0.25, 0.3) is 16.8 Å². The lowest BCUT2D eigenvalue weighted by atomic mass is 10.3. The van der Waals surface area contributed by atoms with Crippen LogP contribution in [-0.2, 0) is 0 Å². The predicted octanol–water partition coefficient (Wildman–Crippen LogP) is 2.54. The molecule has 1 heterocycles. The Labute approximate surface area is 82.2 Å². The summed E-state index contributed by atoms with van der Waals surface area (Å²) >= 11 is 0. The van der Waals surface area contributed by atoms with Crippen molar-refractivity contribution in [2.45, 2.75) is 13.8 Å². The first-order valence-corrected chi connectivity index (χ1v) is 4.47. The van der Waals surface area contributed by atoms with Gasteiger partial charge in [0, 0.05) is 0 Å². The molecule has 3 nitrogen and oxygen atoms in total. The highest BCUT2D eigenvalue weighted by atomic mass is 16.3. The molecule has 0 aliphatic carbocycles. The van der Waals surface area contributed by atoms with Crippen molar-refractivity contribution in [1.82, 2.24) is 4.98 Å². The Hall–Kier alpha value is -1.77. The first-order chi connectivity index (χ1) is 6.68. The van der Waals surface area contributed by atoms with E-state index in [-0.39, 0.29) is 0 Å². The number of benzene rings is 1. The molecular weight excluding hydrogens is 176 g/mol. The smallest absolute Gasteiger partial charge is 0.243 e. The van der Waals surface area contributed by atoms with Gasteiger partial charge in [-0.05, 0) is 31.6 Å². The van der Waals surface area contributed by atoms with E-state index in [0.717, 1.165) is 16.7 Å². The minimum Gasteiger partial charge on any atom is -0.435 e. The van der Waals surface area contributed by atoms with Crippen LogP contribution in [0.4, 0.5) is 0 Å². The number of allylic oxidation sites excluding steroid dienone is 1. The SMILES string of the molecule is CC(C)=C(N)c1nc2ccccc2o1. The van der Waals surface area contributed by atoms with Crippen LogP contribution in [-0.4, -0.2) is 4.98 Å². The molecule has 3 heteroatoms. The Morgan fingerprint density at radius 2 is 2.00 bits per heavy atom. The summed E-state index contributed by atoms with van der Waals surface area (Å²) in [7, 11) is 0. The quantitative estimate of drug-likeness (QED) is 0.748. The van der Waals surface area contributed by atoms with Crippen molar-refractivity contribution in [3.8, 4) is 0 Å². The van der Waals surface area contributed by atoms with Gasteiger partial charge in [0.15, 0.2) is 5.58 Å². The molecule has 0 saturated heterocycles. The van der Waals surface area contributed by atoms with Gasteiger partial charge in [0.1, 0.15) is 5.52 Å². The fourth-order valence-corrected chi connectivity index (χ4v) is 1.20. The minimum atomic E-state index is 0.506. The molecule has 1 aromatic heterocycles. The normalized spacial score (nSPS) is 10.4. The van der Waals surface area contributed by atoms with Crippen LogP contribution in [0.15, 0.2) is 34.3 Å². The molecule has 0 fully saturated rings. The number of para-hydroxylation sites is 2. The second-order valence-electron chi connectivity index (χ2n) is 3.40. The summed E-state index contributed by atoms with van der Waals surface area (Å²) in [5, 5.41) is 0. The zero-order chi connectivity index (χ0) is 10.1. The second-order valence-corrected chi connectivity index (χ2v) is 3.40. The lowest BCUT2D eigenvalue weighted by Crippen LogP contribution is -1.98. The summed E-state index contributed by atoms with van der Waals surface area (Å²) in [4.78, 5) is 4.28. The van der Waals surface area contributed by atoms with Crippen LogP contribution < -0.4 is 5.73 Å². The molecule has 0 radical (unpaired) electrons. The van der Waals surface area contributed by atoms with E-state index in [4.69, 9.17) is 10.2 Å².